The van der Waals surface area contributed by atoms with Crippen LogP contribution in [-0.4, -0.2) is 4.57 Å². The Labute approximate surface area is 148 Å². The van der Waals surface area contributed by atoms with Gasteiger partial charge in [0.25, 0.3) is 5.82 Å². The van der Waals surface area contributed by atoms with Gasteiger partial charge in [-0.3, -0.25) is 0 Å². The molecule has 2 aromatic rings. The molecule has 0 saturated heterocycles. The van der Waals surface area contributed by atoms with Crippen LogP contribution in [0.1, 0.15) is 77.5 Å². The maximum absolute atomic E-state index is 2.44. The largest absolute Gasteiger partial charge is 0.261 e. The Balaban J connectivity index is 1.73. The van der Waals surface area contributed by atoms with Gasteiger partial charge in [0.15, 0.2) is 0 Å². The van der Waals surface area contributed by atoms with E-state index in [1.54, 1.807) is 0 Å². The van der Waals surface area contributed by atoms with E-state index in [9.17, 15) is 0 Å². The summed E-state index contributed by atoms with van der Waals surface area (Å²) < 4.78 is 4.77. The van der Waals surface area contributed by atoms with Crippen LogP contribution < -0.4 is 4.57 Å². The Morgan fingerprint density at radius 2 is 1.42 bits per heavy atom. The van der Waals surface area contributed by atoms with Crippen LogP contribution in [0.5, 0.6) is 0 Å². The van der Waals surface area contributed by atoms with Crippen molar-refractivity contribution >= 4 is 0 Å². The number of aromatic nitrogens is 2. The third kappa shape index (κ3) is 5.81. The molecule has 132 valence electrons. The summed E-state index contributed by atoms with van der Waals surface area (Å²) >= 11 is 0. The zero-order valence-electron chi connectivity index (χ0n) is 15.7. The number of aryl methyl sites for hydroxylation is 1. The first kappa shape index (κ1) is 18.8. The minimum absolute atomic E-state index is 1.07. The second-order valence-electron chi connectivity index (χ2n) is 6.80. The zero-order chi connectivity index (χ0) is 17.0. The third-order valence-corrected chi connectivity index (χ3v) is 4.86. The van der Waals surface area contributed by atoms with Gasteiger partial charge in [-0.2, -0.15) is 4.57 Å². The molecule has 0 bridgehead atoms. The van der Waals surface area contributed by atoms with Crippen LogP contribution in [0, 0.1) is 0 Å². The molecule has 1 heterocycles. The minimum atomic E-state index is 1.07. The molecule has 2 rings (SSSR count). The predicted octanol–water partition coefficient (Wildman–Crippen LogP) is 5.86. The van der Waals surface area contributed by atoms with Gasteiger partial charge in [-0.05, 0) is 25.0 Å². The molecule has 0 saturated carbocycles. The Morgan fingerprint density at radius 1 is 0.792 bits per heavy atom. The van der Waals surface area contributed by atoms with Crippen molar-refractivity contribution in [1.29, 1.82) is 0 Å². The first-order valence-electron chi connectivity index (χ1n) is 10.0. The van der Waals surface area contributed by atoms with Gasteiger partial charge in [0.05, 0.1) is 6.54 Å². The number of rotatable bonds is 12. The van der Waals surface area contributed by atoms with Crippen LogP contribution in [0.25, 0.3) is 5.69 Å². The number of hydrogen-bond donors (Lipinski definition) is 0. The van der Waals surface area contributed by atoms with Crippen LogP contribution in [-0.2, 0) is 13.0 Å². The van der Waals surface area contributed by atoms with E-state index in [-0.39, 0.29) is 0 Å². The van der Waals surface area contributed by atoms with E-state index in [0.717, 1.165) is 13.0 Å². The van der Waals surface area contributed by atoms with Gasteiger partial charge < -0.3 is 0 Å². The smallest absolute Gasteiger partial charge is 0.234 e. The van der Waals surface area contributed by atoms with Gasteiger partial charge in [0, 0.05) is 6.42 Å². The van der Waals surface area contributed by atoms with Crippen LogP contribution in [0.15, 0.2) is 42.7 Å². The monoisotopic (exact) mass is 327 g/mol. The Kier molecular flexibility index (Phi) is 8.65. The molecular weight excluding hydrogens is 292 g/mol. The van der Waals surface area contributed by atoms with Crippen molar-refractivity contribution in [3.8, 4) is 5.69 Å². The molecule has 1 aromatic carbocycles. The van der Waals surface area contributed by atoms with E-state index in [4.69, 9.17) is 0 Å². The van der Waals surface area contributed by atoms with Gasteiger partial charge in [-0.1, -0.05) is 77.0 Å². The first-order chi connectivity index (χ1) is 11.9. The van der Waals surface area contributed by atoms with E-state index < -0.39 is 0 Å². The highest BCUT2D eigenvalue weighted by Crippen LogP contribution is 2.11. The van der Waals surface area contributed by atoms with Gasteiger partial charge >= 0.3 is 0 Å². The number of para-hydroxylation sites is 1. The lowest BCUT2D eigenvalue weighted by Gasteiger charge is -2.04. The summed E-state index contributed by atoms with van der Waals surface area (Å²) in [7, 11) is 0. The molecule has 0 aliphatic rings. The van der Waals surface area contributed by atoms with Crippen molar-refractivity contribution in [2.75, 3.05) is 0 Å². The lowest BCUT2D eigenvalue weighted by Crippen LogP contribution is -2.36. The van der Waals surface area contributed by atoms with Crippen LogP contribution in [0.4, 0.5) is 0 Å². The highest BCUT2D eigenvalue weighted by molar-refractivity contribution is 5.31. The lowest BCUT2D eigenvalue weighted by atomic mass is 10.1. The highest BCUT2D eigenvalue weighted by atomic mass is 15.1. The van der Waals surface area contributed by atoms with E-state index in [0.29, 0.717) is 0 Å². The molecule has 0 atom stereocenters. The van der Waals surface area contributed by atoms with Crippen LogP contribution >= 0.6 is 0 Å². The lowest BCUT2D eigenvalue weighted by molar-refractivity contribution is -0.703. The highest BCUT2D eigenvalue weighted by Gasteiger charge is 2.16. The summed E-state index contributed by atoms with van der Waals surface area (Å²) in [6, 6.07) is 10.7. The molecule has 0 aliphatic carbocycles. The molecule has 2 nitrogen and oxygen atoms in total. The van der Waals surface area contributed by atoms with Crippen molar-refractivity contribution in [3.63, 3.8) is 0 Å². The fourth-order valence-electron chi connectivity index (χ4n) is 3.45. The number of unbranched alkanes of at least 4 members (excludes halogenated alkanes) is 8. The Bertz CT molecular complexity index is 557. The molecule has 0 unspecified atom stereocenters. The molecule has 2 heteroatoms. The number of imidazole rings is 1. The molecule has 1 aromatic heterocycles. The average molecular weight is 328 g/mol. The first-order valence-corrected chi connectivity index (χ1v) is 10.0. The number of benzene rings is 1. The fraction of sp³-hybridized carbons (Fsp3) is 0.591. The van der Waals surface area contributed by atoms with Crippen molar-refractivity contribution in [1.82, 2.24) is 4.57 Å². The normalized spacial score (nSPS) is 11.1. The van der Waals surface area contributed by atoms with Crippen LogP contribution in [0.2, 0.25) is 0 Å². The summed E-state index contributed by atoms with van der Waals surface area (Å²) in [5.74, 6) is 1.40. The van der Waals surface area contributed by atoms with Gasteiger partial charge in [-0.15, -0.1) is 0 Å². The molecule has 24 heavy (non-hydrogen) atoms. The Hall–Kier alpha value is -1.57. The molecule has 0 amide bonds. The molecular formula is C22H35N2+. The quantitative estimate of drug-likeness (QED) is 0.341. The molecule has 0 spiro atoms. The summed E-state index contributed by atoms with van der Waals surface area (Å²) in [5, 5.41) is 0. The minimum Gasteiger partial charge on any atom is -0.234 e. The Morgan fingerprint density at radius 3 is 2.04 bits per heavy atom. The molecule has 0 radical (unpaired) electrons. The number of hydrogen-bond acceptors (Lipinski definition) is 0. The summed E-state index contributed by atoms with van der Waals surface area (Å²) in [5.41, 5.74) is 1.26. The van der Waals surface area contributed by atoms with Gasteiger partial charge in [0.1, 0.15) is 18.1 Å². The molecule has 0 N–H and O–H groups in total. The van der Waals surface area contributed by atoms with Gasteiger partial charge in [-0.25, -0.2) is 4.57 Å². The maximum Gasteiger partial charge on any atom is 0.261 e. The second kappa shape index (κ2) is 11.1. The number of nitrogens with zero attached hydrogens (tertiary/aromatic N) is 2. The van der Waals surface area contributed by atoms with Crippen molar-refractivity contribution < 1.29 is 4.57 Å². The maximum atomic E-state index is 2.44. The van der Waals surface area contributed by atoms with E-state index >= 15 is 0 Å². The van der Waals surface area contributed by atoms with E-state index in [1.807, 2.05) is 0 Å². The van der Waals surface area contributed by atoms with Crippen LogP contribution in [0.3, 0.4) is 0 Å². The molecule has 0 aliphatic heterocycles. The topological polar surface area (TPSA) is 8.81 Å². The van der Waals surface area contributed by atoms with Crippen molar-refractivity contribution in [2.45, 2.75) is 84.6 Å². The van der Waals surface area contributed by atoms with Crippen molar-refractivity contribution in [2.24, 2.45) is 0 Å². The van der Waals surface area contributed by atoms with Gasteiger partial charge in [0.2, 0.25) is 0 Å². The molecule has 0 fully saturated rings. The predicted molar refractivity (Wildman–Crippen MR) is 103 cm³/mol. The third-order valence-electron chi connectivity index (χ3n) is 4.86. The van der Waals surface area contributed by atoms with Crippen molar-refractivity contribution in [3.05, 3.63) is 48.5 Å². The SMILES string of the molecule is CCCCCCCCCCC[n+]1ccn(-c2ccccc2)c1CC. The van der Waals surface area contributed by atoms with E-state index in [2.05, 4.69) is 65.7 Å². The summed E-state index contributed by atoms with van der Waals surface area (Å²) in [6.45, 7) is 5.69. The zero-order valence-corrected chi connectivity index (χ0v) is 15.7. The second-order valence-corrected chi connectivity index (χ2v) is 6.80. The standard InChI is InChI=1S/C22H35N2/c1-3-5-6-7-8-9-10-11-15-18-23-19-20-24(22(23)4-2)21-16-13-12-14-17-21/h12-14,16-17,19-20H,3-11,15,18H2,1-2H3/q+1. The van der Waals surface area contributed by atoms with E-state index in [1.165, 1.54) is 69.3 Å². The summed E-state index contributed by atoms with van der Waals surface area (Å²) in [4.78, 5) is 0. The average Bonchev–Trinajstić information content (AvgIpc) is 3.04. The summed E-state index contributed by atoms with van der Waals surface area (Å²) in [6.07, 6.45) is 18.0. The fourth-order valence-corrected chi connectivity index (χ4v) is 3.45.